The van der Waals surface area contributed by atoms with Crippen LogP contribution in [0.1, 0.15) is 26.2 Å². The Hall–Kier alpha value is -1.27. The Morgan fingerprint density at radius 2 is 2.04 bits per heavy atom. The van der Waals surface area contributed by atoms with Crippen molar-refractivity contribution in [2.45, 2.75) is 44.8 Å². The van der Waals surface area contributed by atoms with Crippen molar-refractivity contribution in [2.75, 3.05) is 18.8 Å². The summed E-state index contributed by atoms with van der Waals surface area (Å²) in [5.41, 5.74) is -4.15. The number of alkyl halides is 4. The Bertz CT molecular complexity index is 658. The second-order valence-corrected chi connectivity index (χ2v) is 8.25. The third kappa shape index (κ3) is 3.80. The van der Waals surface area contributed by atoms with Crippen molar-refractivity contribution >= 4 is 21.6 Å². The summed E-state index contributed by atoms with van der Waals surface area (Å²) in [6.45, 7) is 1.35. The molecule has 0 aromatic carbocycles. The van der Waals surface area contributed by atoms with E-state index in [1.54, 1.807) is 0 Å². The molecule has 144 valence electrons. The summed E-state index contributed by atoms with van der Waals surface area (Å²) < 4.78 is 76.9. The largest absolute Gasteiger partial charge is 0.364 e. The van der Waals surface area contributed by atoms with Crippen LogP contribution < -0.4 is 0 Å². The second kappa shape index (κ2) is 7.16. The molecule has 1 N–H and O–H groups in total. The highest BCUT2D eigenvalue weighted by Crippen LogP contribution is 2.35. The molecular weight excluding hydrogens is 370 g/mol. The lowest BCUT2D eigenvalue weighted by Crippen LogP contribution is -2.55. The number of carbonyl (C=O) groups is 1. The molecule has 2 aliphatic rings. The maximum absolute atomic E-state index is 13.2. The molecule has 25 heavy (non-hydrogen) atoms. The van der Waals surface area contributed by atoms with E-state index in [1.165, 1.54) is 6.92 Å². The summed E-state index contributed by atoms with van der Waals surface area (Å²) in [7, 11) is -3.58. The van der Waals surface area contributed by atoms with Crippen LogP contribution in [0.4, 0.5) is 17.6 Å². The molecular formula is C13H19F4N3O4S. The van der Waals surface area contributed by atoms with Gasteiger partial charge >= 0.3 is 0 Å². The molecule has 0 radical (unpaired) electrons. The fourth-order valence-electron chi connectivity index (χ4n) is 2.87. The van der Waals surface area contributed by atoms with Gasteiger partial charge in [-0.2, -0.15) is 10.1 Å². The third-order valence-electron chi connectivity index (χ3n) is 4.34. The topological polar surface area (TPSA) is 90.3 Å². The number of piperidine rings is 1. The predicted octanol–water partition coefficient (Wildman–Crippen LogP) is 0.855. The van der Waals surface area contributed by atoms with Crippen LogP contribution in [-0.4, -0.2) is 71.9 Å². The molecule has 7 nitrogen and oxygen atoms in total. The maximum atomic E-state index is 13.2. The fraction of sp³-hybridized carbons (Fsp3) is 0.846. The number of sulfonamides is 1. The smallest absolute Gasteiger partial charge is 0.287 e. The van der Waals surface area contributed by atoms with E-state index in [2.05, 4.69) is 5.10 Å². The number of aliphatic hydroxyl groups is 1. The van der Waals surface area contributed by atoms with Crippen molar-refractivity contribution in [3.63, 3.8) is 0 Å². The van der Waals surface area contributed by atoms with Crippen molar-refractivity contribution in [2.24, 2.45) is 11.0 Å². The van der Waals surface area contributed by atoms with E-state index in [1.807, 2.05) is 0 Å². The lowest BCUT2D eigenvalue weighted by Gasteiger charge is -2.36. The lowest BCUT2D eigenvalue weighted by atomic mass is 9.97. The second-order valence-electron chi connectivity index (χ2n) is 6.00. The van der Waals surface area contributed by atoms with Gasteiger partial charge in [0, 0.05) is 19.5 Å². The van der Waals surface area contributed by atoms with E-state index < -0.39 is 52.6 Å². The van der Waals surface area contributed by atoms with E-state index in [4.69, 9.17) is 0 Å². The highest BCUT2D eigenvalue weighted by Gasteiger charge is 2.54. The summed E-state index contributed by atoms with van der Waals surface area (Å²) >= 11 is 0. The van der Waals surface area contributed by atoms with Crippen LogP contribution >= 0.6 is 0 Å². The maximum Gasteiger partial charge on any atom is 0.287 e. The first kappa shape index (κ1) is 20.0. The molecule has 2 rings (SSSR count). The van der Waals surface area contributed by atoms with Gasteiger partial charge in [0.2, 0.25) is 21.7 Å². The van der Waals surface area contributed by atoms with Crippen molar-refractivity contribution in [3.8, 4) is 0 Å². The van der Waals surface area contributed by atoms with Crippen molar-refractivity contribution < 1.29 is 35.9 Å². The third-order valence-corrected chi connectivity index (χ3v) is 6.19. The monoisotopic (exact) mass is 389 g/mol. The van der Waals surface area contributed by atoms with Gasteiger partial charge in [0.1, 0.15) is 5.71 Å². The van der Waals surface area contributed by atoms with Crippen molar-refractivity contribution in [1.29, 1.82) is 0 Å². The molecule has 0 spiro atoms. The minimum Gasteiger partial charge on any atom is -0.364 e. The number of nitrogens with zero attached hydrogens (tertiary/aromatic N) is 3. The number of hydrazone groups is 1. The summed E-state index contributed by atoms with van der Waals surface area (Å²) in [6.07, 6.45) is -7.36. The molecule has 0 bridgehead atoms. The standard InChI is InChI=1S/C13H19F4N3O4S/c1-2-25(23,24)19-5-3-4-8(7-19)11(21)20-13(22,12(16)17)6-9(18-20)10(14)15/h8,10,12,22H,2-7H2,1H3/t8-,13-/m0/s1. The quantitative estimate of drug-likeness (QED) is 0.706. The number of hydrogen-bond acceptors (Lipinski definition) is 5. The van der Waals surface area contributed by atoms with Gasteiger partial charge in [-0.1, -0.05) is 0 Å². The van der Waals surface area contributed by atoms with Gasteiger partial charge in [0.05, 0.1) is 11.7 Å². The van der Waals surface area contributed by atoms with Crippen LogP contribution in [0.15, 0.2) is 5.10 Å². The van der Waals surface area contributed by atoms with Crippen LogP contribution in [0.3, 0.4) is 0 Å². The molecule has 12 heteroatoms. The van der Waals surface area contributed by atoms with Crippen LogP contribution in [0.2, 0.25) is 0 Å². The Kier molecular flexibility index (Phi) is 5.74. The molecule has 1 saturated heterocycles. The zero-order chi connectivity index (χ0) is 19.0. The fourth-order valence-corrected chi connectivity index (χ4v) is 4.05. The normalized spacial score (nSPS) is 28.7. The van der Waals surface area contributed by atoms with Crippen LogP contribution in [0, 0.1) is 5.92 Å². The summed E-state index contributed by atoms with van der Waals surface area (Å²) in [6, 6.07) is 0. The Labute approximate surface area is 142 Å². The molecule has 1 fully saturated rings. The van der Waals surface area contributed by atoms with Gasteiger partial charge in [-0.15, -0.1) is 0 Å². The van der Waals surface area contributed by atoms with Gasteiger partial charge in [-0.3, -0.25) is 4.79 Å². The Morgan fingerprint density at radius 1 is 1.40 bits per heavy atom. The van der Waals surface area contributed by atoms with Crippen molar-refractivity contribution in [1.82, 2.24) is 9.31 Å². The molecule has 0 saturated carbocycles. The average molecular weight is 389 g/mol. The van der Waals surface area contributed by atoms with E-state index >= 15 is 0 Å². The molecule has 0 aromatic heterocycles. The van der Waals surface area contributed by atoms with Gasteiger partial charge in [-0.25, -0.2) is 30.3 Å². The molecule has 1 amide bonds. The SMILES string of the molecule is CCS(=O)(=O)N1CCC[C@H](C(=O)N2N=C(C(F)F)C[C@]2(O)C(F)F)C1. The van der Waals surface area contributed by atoms with Crippen molar-refractivity contribution in [3.05, 3.63) is 0 Å². The minimum absolute atomic E-state index is 0.00584. The number of rotatable bonds is 5. The highest BCUT2D eigenvalue weighted by atomic mass is 32.2. The average Bonchev–Trinajstić information content (AvgIpc) is 2.94. The molecule has 2 atom stereocenters. The summed E-state index contributed by atoms with van der Waals surface area (Å²) in [5, 5.41) is 13.2. The van der Waals surface area contributed by atoms with E-state index in [-0.39, 0.29) is 30.3 Å². The Balaban J connectivity index is 2.25. The molecule has 0 aromatic rings. The molecule has 0 aliphatic carbocycles. The van der Waals surface area contributed by atoms with E-state index in [0.717, 1.165) is 4.31 Å². The van der Waals surface area contributed by atoms with Gasteiger partial charge in [0.25, 0.3) is 12.9 Å². The zero-order valence-electron chi connectivity index (χ0n) is 13.4. The minimum atomic E-state index is -3.58. The van der Waals surface area contributed by atoms with E-state index in [9.17, 15) is 35.9 Å². The number of amides is 1. The first-order valence-corrected chi connectivity index (χ1v) is 9.31. The summed E-state index contributed by atoms with van der Waals surface area (Å²) in [5.74, 6) is -2.32. The van der Waals surface area contributed by atoms with Crippen LogP contribution in [0.25, 0.3) is 0 Å². The van der Waals surface area contributed by atoms with E-state index in [0.29, 0.717) is 6.42 Å². The zero-order valence-corrected chi connectivity index (χ0v) is 14.2. The highest BCUT2D eigenvalue weighted by molar-refractivity contribution is 7.89. The van der Waals surface area contributed by atoms with Crippen LogP contribution in [-0.2, 0) is 14.8 Å². The van der Waals surface area contributed by atoms with Gasteiger partial charge < -0.3 is 5.11 Å². The molecule has 2 heterocycles. The molecule has 2 aliphatic heterocycles. The number of hydrogen-bond donors (Lipinski definition) is 1. The first-order chi connectivity index (χ1) is 11.5. The molecule has 0 unspecified atom stereocenters. The number of carbonyl (C=O) groups excluding carboxylic acids is 1. The van der Waals surface area contributed by atoms with Gasteiger partial charge in [-0.05, 0) is 19.8 Å². The van der Waals surface area contributed by atoms with Crippen LogP contribution in [0.5, 0.6) is 0 Å². The lowest BCUT2D eigenvalue weighted by molar-refractivity contribution is -0.195. The first-order valence-electron chi connectivity index (χ1n) is 7.71. The number of halogens is 4. The predicted molar refractivity (Wildman–Crippen MR) is 79.6 cm³/mol. The Morgan fingerprint density at radius 3 is 2.56 bits per heavy atom. The summed E-state index contributed by atoms with van der Waals surface area (Å²) in [4.78, 5) is 12.5. The van der Waals surface area contributed by atoms with Gasteiger partial charge in [0.15, 0.2) is 0 Å².